The highest BCUT2D eigenvalue weighted by Gasteiger charge is 2.69. The molecular formula is C57H96O28. The van der Waals surface area contributed by atoms with Gasteiger partial charge in [0.2, 0.25) is 0 Å². The molecule has 6 heterocycles. The molecular weight excluding hydrogens is 1130 g/mol. The van der Waals surface area contributed by atoms with Gasteiger partial charge in [0.05, 0.1) is 51.3 Å². The van der Waals surface area contributed by atoms with E-state index in [0.717, 1.165) is 38.5 Å². The molecule has 28 heteroatoms. The normalized spacial score (nSPS) is 55.8. The predicted molar refractivity (Wildman–Crippen MR) is 283 cm³/mol. The van der Waals surface area contributed by atoms with Crippen molar-refractivity contribution < 1.29 is 139 Å². The van der Waals surface area contributed by atoms with Gasteiger partial charge in [0, 0.05) is 12.3 Å². The first-order chi connectivity index (χ1) is 40.2. The Kier molecular flexibility index (Phi) is 20.8. The molecule has 492 valence electrons. The van der Waals surface area contributed by atoms with Crippen LogP contribution < -0.4 is 0 Å². The highest BCUT2D eigenvalue weighted by molar-refractivity contribution is 5.15. The molecule has 10 fully saturated rings. The summed E-state index contributed by atoms with van der Waals surface area (Å²) in [4.78, 5) is 0. The molecule has 0 bridgehead atoms. The molecule has 4 saturated carbocycles. The van der Waals surface area contributed by atoms with Crippen molar-refractivity contribution in [2.45, 2.75) is 270 Å². The fourth-order valence-electron chi connectivity index (χ4n) is 17.0. The summed E-state index contributed by atoms with van der Waals surface area (Å²) in [5.41, 5.74) is -0.212. The molecule has 10 aliphatic rings. The van der Waals surface area contributed by atoms with Crippen molar-refractivity contribution in [3.05, 3.63) is 0 Å². The van der Waals surface area contributed by atoms with Gasteiger partial charge in [0.25, 0.3) is 0 Å². The zero-order chi connectivity index (χ0) is 61.5. The quantitative estimate of drug-likeness (QED) is 0.0571. The van der Waals surface area contributed by atoms with Crippen molar-refractivity contribution in [3.63, 3.8) is 0 Å². The van der Waals surface area contributed by atoms with Crippen LogP contribution in [0.25, 0.3) is 0 Å². The second kappa shape index (κ2) is 26.5. The van der Waals surface area contributed by atoms with Crippen LogP contribution in [0.4, 0.5) is 0 Å². The molecule has 85 heavy (non-hydrogen) atoms. The van der Waals surface area contributed by atoms with Gasteiger partial charge in [-0.05, 0) is 111 Å². The summed E-state index contributed by atoms with van der Waals surface area (Å²) in [5, 5.41) is 182. The number of hydrogen-bond acceptors (Lipinski definition) is 28. The summed E-state index contributed by atoms with van der Waals surface area (Å²) in [7, 11) is 0. The highest BCUT2D eigenvalue weighted by atomic mass is 16.8. The molecule has 17 N–H and O–H groups in total. The molecule has 0 aromatic rings. The molecule has 5 unspecified atom stereocenters. The Morgan fingerprint density at radius 3 is 1.61 bits per heavy atom. The molecule has 0 spiro atoms. The molecule has 0 amide bonds. The van der Waals surface area contributed by atoms with Gasteiger partial charge in [0.1, 0.15) is 116 Å². The summed E-state index contributed by atoms with van der Waals surface area (Å²) in [6.45, 7) is 7.51. The number of fused-ring (bicyclic) bond motifs is 7. The van der Waals surface area contributed by atoms with E-state index in [0.29, 0.717) is 43.4 Å². The fourth-order valence-corrected chi connectivity index (χ4v) is 17.0. The lowest BCUT2D eigenvalue weighted by molar-refractivity contribution is -0.395. The van der Waals surface area contributed by atoms with Crippen LogP contribution in [0, 0.1) is 52.3 Å². The van der Waals surface area contributed by atoms with Gasteiger partial charge in [-0.2, -0.15) is 0 Å². The standard InChI is InChI=1S/C57H96O28/c1-21(19-75-50-43(69)40(66)36(62)30(16-58)79-50)8-13-57(74)22(2)34-29(85-57)15-28-26-7-6-24-14-25(9-11-55(24,4)27(26)10-12-56(28,34)5)78-54-49(84-53-46(72)42(68)38(64)32(18-60)81-53)47(73)48(83-52-45(71)39(65)35(61)23(3)77-52)33(82-54)20-76-51-44(70)41(67)37(63)31(17-59)80-51/h21-54,58-74H,6-20H2,1-5H3/t21-,22-,23-,24+,25-,26?,27?,28?,29?,30+,31+,32+,33+,34?,35-,36+,37+,38+,39+,40-,41-,42-,43+,44+,45+,46+,47-,48+,49+,50+,51+,52-,53-,54+,55-,56-,57+/m0/s1. The van der Waals surface area contributed by atoms with Gasteiger partial charge in [0.15, 0.2) is 37.2 Å². The Morgan fingerprint density at radius 2 is 1.01 bits per heavy atom. The Bertz CT molecular complexity index is 2170. The second-order valence-electron chi connectivity index (χ2n) is 27.1. The number of ether oxygens (including phenoxy) is 11. The van der Waals surface area contributed by atoms with Crippen molar-refractivity contribution >= 4 is 0 Å². The molecule has 0 aromatic carbocycles. The Balaban J connectivity index is 0.826. The maximum atomic E-state index is 12.5. The second-order valence-corrected chi connectivity index (χ2v) is 27.1. The van der Waals surface area contributed by atoms with Gasteiger partial charge in [-0.25, -0.2) is 0 Å². The molecule has 28 nitrogen and oxygen atoms in total. The third kappa shape index (κ3) is 12.4. The van der Waals surface area contributed by atoms with E-state index in [1.807, 2.05) is 6.92 Å². The average molecular weight is 1230 g/mol. The number of aliphatic hydroxyl groups is 17. The van der Waals surface area contributed by atoms with Crippen molar-refractivity contribution in [1.82, 2.24) is 0 Å². The lowest BCUT2D eigenvalue weighted by atomic mass is 9.44. The molecule has 37 atom stereocenters. The smallest absolute Gasteiger partial charge is 0.187 e. The van der Waals surface area contributed by atoms with E-state index in [1.165, 1.54) is 6.92 Å². The van der Waals surface area contributed by atoms with Crippen LogP contribution in [0.2, 0.25) is 0 Å². The van der Waals surface area contributed by atoms with Crippen LogP contribution >= 0.6 is 0 Å². The first kappa shape index (κ1) is 66.8. The van der Waals surface area contributed by atoms with Crippen LogP contribution in [-0.2, 0) is 52.1 Å². The molecule has 0 radical (unpaired) electrons. The van der Waals surface area contributed by atoms with Gasteiger partial charge in [-0.15, -0.1) is 0 Å². The minimum Gasteiger partial charge on any atom is -0.394 e. The van der Waals surface area contributed by atoms with E-state index in [9.17, 15) is 86.8 Å². The van der Waals surface area contributed by atoms with E-state index in [1.54, 1.807) is 0 Å². The number of aliphatic hydroxyl groups excluding tert-OH is 16. The van der Waals surface area contributed by atoms with E-state index >= 15 is 0 Å². The van der Waals surface area contributed by atoms with Crippen molar-refractivity contribution in [1.29, 1.82) is 0 Å². The van der Waals surface area contributed by atoms with E-state index in [2.05, 4.69) is 20.8 Å². The van der Waals surface area contributed by atoms with Crippen molar-refractivity contribution in [2.75, 3.05) is 33.0 Å². The minimum atomic E-state index is -1.95. The van der Waals surface area contributed by atoms with Crippen LogP contribution in [0.5, 0.6) is 0 Å². The molecule has 6 aliphatic heterocycles. The van der Waals surface area contributed by atoms with Crippen molar-refractivity contribution in [2.24, 2.45) is 52.3 Å². The van der Waals surface area contributed by atoms with E-state index in [-0.39, 0.29) is 47.2 Å². The highest BCUT2D eigenvalue weighted by Crippen LogP contribution is 2.71. The Morgan fingerprint density at radius 1 is 0.494 bits per heavy atom. The maximum Gasteiger partial charge on any atom is 0.187 e. The monoisotopic (exact) mass is 1230 g/mol. The predicted octanol–water partition coefficient (Wildman–Crippen LogP) is -5.10. The zero-order valence-corrected chi connectivity index (χ0v) is 48.8. The average Bonchev–Trinajstić information content (AvgIpc) is 1.64. The Labute approximate surface area is 493 Å². The molecule has 6 saturated heterocycles. The first-order valence-corrected chi connectivity index (χ1v) is 30.7. The lowest BCUT2D eigenvalue weighted by Crippen LogP contribution is -2.67. The molecule has 0 aromatic heterocycles. The van der Waals surface area contributed by atoms with Crippen LogP contribution in [0.3, 0.4) is 0 Å². The summed E-state index contributed by atoms with van der Waals surface area (Å²) in [5.74, 6) is -0.282. The summed E-state index contributed by atoms with van der Waals surface area (Å²) < 4.78 is 67.0. The molecule has 10 rings (SSSR count). The zero-order valence-electron chi connectivity index (χ0n) is 48.8. The largest absolute Gasteiger partial charge is 0.394 e. The summed E-state index contributed by atoms with van der Waals surface area (Å²) in [6.07, 6.45) is -34.1. The summed E-state index contributed by atoms with van der Waals surface area (Å²) in [6, 6.07) is 0. The van der Waals surface area contributed by atoms with Crippen LogP contribution in [-0.4, -0.2) is 291 Å². The SMILES string of the molecule is C[C@@H](CC[C@@]1(O)OC2CC3C4CC[C@@H]5C[C@@H](O[C@@H]6O[C@H](CO[C@@H]7O[C@H](CO)[C@@H](O)[C@H](O)[C@H]7O)[C@@H](O[C@@H]7O[C@@H](C)[C@H](O)[C@@H](O)[C@H]7O)[C@H](O)[C@H]6O[C@@H]6O[C@H](CO)[C@@H](O)[C@H](O)[C@H]6O)CC[C@]5(C)C4CC[C@]3(C)C2[C@@H]1C)CO[C@@H]1O[C@H](CO)[C@@H](O)[C@H](O)[C@H]1O. The number of hydrogen-bond donors (Lipinski definition) is 17. The van der Waals surface area contributed by atoms with E-state index in [4.69, 9.17) is 52.1 Å². The van der Waals surface area contributed by atoms with Crippen molar-refractivity contribution in [3.8, 4) is 0 Å². The van der Waals surface area contributed by atoms with Gasteiger partial charge in [-0.1, -0.05) is 27.7 Å². The third-order valence-corrected chi connectivity index (χ3v) is 22.2. The van der Waals surface area contributed by atoms with E-state index < -0.39 is 192 Å². The molecule has 4 aliphatic carbocycles. The van der Waals surface area contributed by atoms with Gasteiger partial charge >= 0.3 is 0 Å². The van der Waals surface area contributed by atoms with Crippen LogP contribution in [0.1, 0.15) is 98.8 Å². The maximum absolute atomic E-state index is 12.5. The fraction of sp³-hybridized carbons (Fsp3) is 1.00. The van der Waals surface area contributed by atoms with Gasteiger partial charge in [-0.3, -0.25) is 0 Å². The first-order valence-electron chi connectivity index (χ1n) is 30.7. The number of rotatable bonds is 18. The Hall–Kier alpha value is -1.12. The van der Waals surface area contributed by atoms with Crippen LogP contribution in [0.15, 0.2) is 0 Å². The third-order valence-electron chi connectivity index (χ3n) is 22.2. The minimum absolute atomic E-state index is 0.0999. The topological polar surface area (TPSA) is 445 Å². The summed E-state index contributed by atoms with van der Waals surface area (Å²) >= 11 is 0. The van der Waals surface area contributed by atoms with Gasteiger partial charge < -0.3 is 139 Å². The lowest BCUT2D eigenvalue weighted by Gasteiger charge is -2.61.